The summed E-state index contributed by atoms with van der Waals surface area (Å²) in [5.74, 6) is 1.10. The number of thioether (sulfide) groups is 1. The highest BCUT2D eigenvalue weighted by molar-refractivity contribution is 7.99. The van der Waals surface area contributed by atoms with Crippen molar-refractivity contribution in [1.29, 1.82) is 0 Å². The number of nitrogens with one attached hydrogen (secondary N) is 1. The number of halogens is 3. The fourth-order valence-electron chi connectivity index (χ4n) is 2.49. The molecule has 1 heterocycles. The molecule has 1 atom stereocenters. The number of carbonyl (C=O) groups is 1. The molecule has 7 heteroatoms. The molecule has 3 rings (SSSR count). The Morgan fingerprint density at radius 1 is 1.17 bits per heavy atom. The maximum absolute atomic E-state index is 12.2. The molecule has 0 saturated heterocycles. The lowest BCUT2D eigenvalue weighted by molar-refractivity contribution is -0.123. The highest BCUT2D eigenvalue weighted by atomic mass is 35.5. The van der Waals surface area contributed by atoms with Crippen LogP contribution in [-0.4, -0.2) is 18.3 Å². The van der Waals surface area contributed by atoms with Crippen molar-refractivity contribution in [3.8, 4) is 5.75 Å². The summed E-state index contributed by atoms with van der Waals surface area (Å²) in [5, 5.41) is 4.00. The van der Waals surface area contributed by atoms with Gasteiger partial charge in [0.15, 0.2) is 6.61 Å². The number of amides is 1. The van der Waals surface area contributed by atoms with Gasteiger partial charge in [-0.15, -0.1) is 11.8 Å². The smallest absolute Gasteiger partial charge is 0.258 e. The minimum Gasteiger partial charge on any atom is -0.482 e. The fourth-order valence-corrected chi connectivity index (χ4v) is 4.20. The van der Waals surface area contributed by atoms with Crippen molar-refractivity contribution in [2.75, 3.05) is 12.4 Å². The van der Waals surface area contributed by atoms with E-state index in [9.17, 15) is 4.79 Å². The minimum atomic E-state index is -0.205. The Bertz CT molecular complexity index is 769. The van der Waals surface area contributed by atoms with E-state index in [2.05, 4.69) is 11.4 Å². The van der Waals surface area contributed by atoms with Crippen LogP contribution in [-0.2, 0) is 4.79 Å². The summed E-state index contributed by atoms with van der Waals surface area (Å²) in [6, 6.07) is 11.1. The third-order valence-corrected chi connectivity index (χ3v) is 5.77. The monoisotopic (exact) mass is 401 g/mol. The van der Waals surface area contributed by atoms with Crippen LogP contribution in [0.5, 0.6) is 5.75 Å². The van der Waals surface area contributed by atoms with Gasteiger partial charge in [-0.2, -0.15) is 0 Å². The Morgan fingerprint density at radius 3 is 2.75 bits per heavy atom. The van der Waals surface area contributed by atoms with Gasteiger partial charge < -0.3 is 10.1 Å². The number of ether oxygens (including phenoxy) is 1. The molecule has 0 bridgehead atoms. The van der Waals surface area contributed by atoms with E-state index >= 15 is 0 Å². The van der Waals surface area contributed by atoms with E-state index in [0.717, 1.165) is 17.7 Å². The highest BCUT2D eigenvalue weighted by Gasteiger charge is 2.22. The lowest BCUT2D eigenvalue weighted by atomic mass is 10.0. The van der Waals surface area contributed by atoms with Crippen LogP contribution in [0.25, 0.3) is 0 Å². The summed E-state index contributed by atoms with van der Waals surface area (Å²) in [6.45, 7) is -0.135. The van der Waals surface area contributed by atoms with Gasteiger partial charge in [-0.1, -0.05) is 53.0 Å². The number of hydrogen-bond donors (Lipinski definition) is 1. The van der Waals surface area contributed by atoms with Crippen molar-refractivity contribution in [3.63, 3.8) is 0 Å². The third kappa shape index (κ3) is 4.12. The molecule has 0 aliphatic carbocycles. The van der Waals surface area contributed by atoms with Crippen molar-refractivity contribution in [1.82, 2.24) is 5.32 Å². The summed E-state index contributed by atoms with van der Waals surface area (Å²) in [4.78, 5) is 13.4. The Morgan fingerprint density at radius 2 is 1.92 bits per heavy atom. The second-order valence-corrected chi connectivity index (χ2v) is 7.64. The van der Waals surface area contributed by atoms with Crippen molar-refractivity contribution >= 4 is 52.5 Å². The molecule has 1 unspecified atom stereocenters. The molecule has 0 saturated carbocycles. The van der Waals surface area contributed by atoms with Gasteiger partial charge in [0.2, 0.25) is 0 Å². The summed E-state index contributed by atoms with van der Waals surface area (Å²) < 4.78 is 5.47. The maximum atomic E-state index is 12.2. The normalized spacial score (nSPS) is 16.4. The topological polar surface area (TPSA) is 38.3 Å². The van der Waals surface area contributed by atoms with Crippen molar-refractivity contribution in [2.45, 2.75) is 17.4 Å². The molecule has 0 aromatic heterocycles. The first-order valence-electron chi connectivity index (χ1n) is 7.33. The number of rotatable bonds is 4. The summed E-state index contributed by atoms with van der Waals surface area (Å²) in [5.41, 5.74) is 1.15. The Kier molecular flexibility index (Phi) is 5.82. The van der Waals surface area contributed by atoms with E-state index in [1.54, 1.807) is 0 Å². The average Bonchev–Trinajstić information content (AvgIpc) is 2.57. The number of fused-ring (bicyclic) bond motifs is 1. The van der Waals surface area contributed by atoms with Gasteiger partial charge in [-0.3, -0.25) is 4.79 Å². The van der Waals surface area contributed by atoms with E-state index < -0.39 is 0 Å². The van der Waals surface area contributed by atoms with Crippen LogP contribution >= 0.6 is 46.6 Å². The molecule has 1 aliphatic heterocycles. The van der Waals surface area contributed by atoms with E-state index in [0.29, 0.717) is 20.8 Å². The lowest BCUT2D eigenvalue weighted by Gasteiger charge is -2.25. The van der Waals surface area contributed by atoms with Gasteiger partial charge in [0, 0.05) is 16.7 Å². The second-order valence-electron chi connectivity index (χ2n) is 5.28. The number of benzene rings is 2. The van der Waals surface area contributed by atoms with E-state index in [1.807, 2.05) is 30.0 Å². The first kappa shape index (κ1) is 17.7. The predicted octanol–water partition coefficient (Wildman–Crippen LogP) is 5.38. The summed E-state index contributed by atoms with van der Waals surface area (Å²) in [6.07, 6.45) is 0.890. The van der Waals surface area contributed by atoms with Crippen LogP contribution in [0.2, 0.25) is 15.1 Å². The largest absolute Gasteiger partial charge is 0.482 e. The predicted molar refractivity (Wildman–Crippen MR) is 99.6 cm³/mol. The zero-order valence-electron chi connectivity index (χ0n) is 12.5. The SMILES string of the molecule is O=C(COc1cc(Cl)c(Cl)cc1Cl)NC1CCSc2ccccc21. The van der Waals surface area contributed by atoms with Crippen LogP contribution < -0.4 is 10.1 Å². The number of carbonyl (C=O) groups excluding carboxylic acids is 1. The summed E-state index contributed by atoms with van der Waals surface area (Å²) >= 11 is 19.7. The molecule has 1 N–H and O–H groups in total. The lowest BCUT2D eigenvalue weighted by Crippen LogP contribution is -2.34. The molecule has 126 valence electrons. The van der Waals surface area contributed by atoms with Gasteiger partial charge in [0.1, 0.15) is 5.75 Å². The Hall–Kier alpha value is -1.07. The van der Waals surface area contributed by atoms with Gasteiger partial charge >= 0.3 is 0 Å². The zero-order valence-corrected chi connectivity index (χ0v) is 15.6. The van der Waals surface area contributed by atoms with Crippen LogP contribution in [0.4, 0.5) is 0 Å². The quantitative estimate of drug-likeness (QED) is 0.698. The highest BCUT2D eigenvalue weighted by Crippen LogP contribution is 2.36. The van der Waals surface area contributed by atoms with E-state index in [4.69, 9.17) is 39.5 Å². The Labute approximate surface area is 159 Å². The van der Waals surface area contributed by atoms with Crippen molar-refractivity contribution in [2.24, 2.45) is 0 Å². The van der Waals surface area contributed by atoms with Gasteiger partial charge in [0.05, 0.1) is 21.1 Å². The minimum absolute atomic E-state index is 0.00262. The van der Waals surface area contributed by atoms with Gasteiger partial charge in [-0.05, 0) is 24.1 Å². The fraction of sp³-hybridized carbons (Fsp3) is 0.235. The molecular formula is C17H14Cl3NO2S. The average molecular weight is 403 g/mol. The first-order valence-corrected chi connectivity index (χ1v) is 9.45. The second kappa shape index (κ2) is 7.87. The molecule has 24 heavy (non-hydrogen) atoms. The zero-order chi connectivity index (χ0) is 17.1. The molecule has 1 aliphatic rings. The van der Waals surface area contributed by atoms with Crippen molar-refractivity contribution in [3.05, 3.63) is 57.0 Å². The summed E-state index contributed by atoms with van der Waals surface area (Å²) in [7, 11) is 0. The van der Waals surface area contributed by atoms with Gasteiger partial charge in [0.25, 0.3) is 5.91 Å². The third-order valence-electron chi connectivity index (χ3n) is 3.63. The van der Waals surface area contributed by atoms with E-state index in [1.165, 1.54) is 17.0 Å². The first-order chi connectivity index (χ1) is 11.5. The molecule has 0 radical (unpaired) electrons. The molecule has 0 fully saturated rings. The molecule has 0 spiro atoms. The van der Waals surface area contributed by atoms with Gasteiger partial charge in [-0.25, -0.2) is 0 Å². The number of hydrogen-bond acceptors (Lipinski definition) is 3. The van der Waals surface area contributed by atoms with E-state index in [-0.39, 0.29) is 18.6 Å². The Balaban J connectivity index is 1.62. The molecule has 2 aromatic rings. The van der Waals surface area contributed by atoms with Crippen molar-refractivity contribution < 1.29 is 9.53 Å². The molecule has 2 aromatic carbocycles. The standard InChI is InChI=1S/C17H14Cl3NO2S/c18-11-7-13(20)15(8-12(11)19)23-9-17(22)21-14-5-6-24-16-4-2-1-3-10(14)16/h1-4,7-8,14H,5-6,9H2,(H,21,22). The van der Waals surface area contributed by atoms with Crippen LogP contribution in [0.1, 0.15) is 18.0 Å². The van der Waals surface area contributed by atoms with Crippen LogP contribution in [0, 0.1) is 0 Å². The molecule has 3 nitrogen and oxygen atoms in total. The van der Waals surface area contributed by atoms with Crippen LogP contribution in [0.3, 0.4) is 0 Å². The molecule has 1 amide bonds. The molecular weight excluding hydrogens is 389 g/mol. The maximum Gasteiger partial charge on any atom is 0.258 e. The van der Waals surface area contributed by atoms with Crippen LogP contribution in [0.15, 0.2) is 41.3 Å².